The molecule has 0 radical (unpaired) electrons. The zero-order chi connectivity index (χ0) is 34.9. The van der Waals surface area contributed by atoms with E-state index in [0.717, 1.165) is 25.7 Å². The van der Waals surface area contributed by atoms with E-state index in [0.29, 0.717) is 0 Å². The molecule has 0 rings (SSSR count). The highest BCUT2D eigenvalue weighted by atomic mass is 16.1. The van der Waals surface area contributed by atoms with Gasteiger partial charge in [-0.1, -0.05) is 138 Å². The molecule has 0 saturated heterocycles. The van der Waals surface area contributed by atoms with Crippen LogP contribution in [0, 0.1) is 24.7 Å². The SMILES string of the molecule is C#CC(=O)/C=C/CCCCCCCCC/C=C\CCCC/C=C\CCCC/C=C\CCCCCCCCCCCCC/C=C/C(=O)C#C. The van der Waals surface area contributed by atoms with Crippen molar-refractivity contribution < 1.29 is 9.59 Å². The molecule has 0 heterocycles. The molecule has 0 aliphatic carbocycles. The maximum absolute atomic E-state index is 11.0. The van der Waals surface area contributed by atoms with Crippen molar-refractivity contribution >= 4 is 11.6 Å². The zero-order valence-electron chi connectivity index (χ0n) is 31.0. The van der Waals surface area contributed by atoms with Crippen molar-refractivity contribution in [1.82, 2.24) is 0 Å². The Morgan fingerprint density at radius 2 is 0.458 bits per heavy atom. The Hall–Kier alpha value is -2.84. The smallest absolute Gasteiger partial charge is 0.228 e. The molecule has 48 heavy (non-hydrogen) atoms. The van der Waals surface area contributed by atoms with Crippen molar-refractivity contribution in [1.29, 1.82) is 0 Å². The lowest BCUT2D eigenvalue weighted by molar-refractivity contribution is -0.110. The van der Waals surface area contributed by atoms with E-state index in [4.69, 9.17) is 12.8 Å². The first-order chi connectivity index (χ1) is 23.7. The quantitative estimate of drug-likeness (QED) is 0.0221. The third-order valence-corrected chi connectivity index (χ3v) is 8.79. The topological polar surface area (TPSA) is 34.1 Å². The van der Waals surface area contributed by atoms with Gasteiger partial charge in [0.15, 0.2) is 0 Å². The van der Waals surface area contributed by atoms with Crippen LogP contribution >= 0.6 is 0 Å². The Labute approximate surface area is 298 Å². The molecule has 0 fully saturated rings. The molecule has 0 aromatic rings. The second-order valence-corrected chi connectivity index (χ2v) is 13.3. The molecule has 0 aliphatic heterocycles. The maximum Gasteiger partial charge on any atom is 0.228 e. The van der Waals surface area contributed by atoms with Crippen molar-refractivity contribution in [3.8, 4) is 24.7 Å². The van der Waals surface area contributed by atoms with Gasteiger partial charge in [0, 0.05) is 0 Å². The Kier molecular flexibility index (Phi) is 37.9. The van der Waals surface area contributed by atoms with E-state index in [2.05, 4.69) is 48.3 Å². The van der Waals surface area contributed by atoms with E-state index < -0.39 is 0 Å². The number of hydrogen-bond acceptors (Lipinski definition) is 2. The van der Waals surface area contributed by atoms with Crippen LogP contribution in [0.5, 0.6) is 0 Å². The molecule has 0 saturated carbocycles. The summed E-state index contributed by atoms with van der Waals surface area (Å²) in [6.45, 7) is 0. The second-order valence-electron chi connectivity index (χ2n) is 13.3. The van der Waals surface area contributed by atoms with E-state index in [9.17, 15) is 9.59 Å². The van der Waals surface area contributed by atoms with Gasteiger partial charge in [0.05, 0.1) is 0 Å². The van der Waals surface area contributed by atoms with Crippen LogP contribution in [0.25, 0.3) is 0 Å². The molecular formula is C46H72O2. The Morgan fingerprint density at radius 3 is 0.667 bits per heavy atom. The van der Waals surface area contributed by atoms with Gasteiger partial charge in [-0.05, 0) is 127 Å². The molecule has 2 heteroatoms. The highest BCUT2D eigenvalue weighted by molar-refractivity contribution is 6.04. The van der Waals surface area contributed by atoms with Gasteiger partial charge in [-0.15, -0.1) is 12.8 Å². The van der Waals surface area contributed by atoms with Gasteiger partial charge in [0.1, 0.15) is 0 Å². The van der Waals surface area contributed by atoms with Crippen LogP contribution in [-0.4, -0.2) is 11.6 Å². The summed E-state index contributed by atoms with van der Waals surface area (Å²) in [5.74, 6) is 3.77. The number of ketones is 2. The average molecular weight is 657 g/mol. The first-order valence-electron chi connectivity index (χ1n) is 20.0. The third kappa shape index (κ3) is 39.3. The summed E-state index contributed by atoms with van der Waals surface area (Å²) in [5, 5.41) is 0. The van der Waals surface area contributed by atoms with E-state index >= 15 is 0 Å². The van der Waals surface area contributed by atoms with Crippen molar-refractivity contribution in [3.05, 3.63) is 60.8 Å². The van der Waals surface area contributed by atoms with E-state index in [1.54, 1.807) is 0 Å². The minimum atomic E-state index is -0.226. The summed E-state index contributed by atoms with van der Waals surface area (Å²) in [4.78, 5) is 22.0. The summed E-state index contributed by atoms with van der Waals surface area (Å²) in [5.41, 5.74) is 0. The van der Waals surface area contributed by atoms with E-state index in [-0.39, 0.29) is 11.6 Å². The van der Waals surface area contributed by atoms with Crippen LogP contribution in [0.15, 0.2) is 60.8 Å². The Balaban J connectivity index is 3.26. The largest absolute Gasteiger partial charge is 0.280 e. The first-order valence-corrected chi connectivity index (χ1v) is 20.0. The minimum Gasteiger partial charge on any atom is -0.280 e. The van der Waals surface area contributed by atoms with Crippen LogP contribution < -0.4 is 0 Å². The average Bonchev–Trinajstić information content (AvgIpc) is 3.10. The van der Waals surface area contributed by atoms with Crippen molar-refractivity contribution in [3.63, 3.8) is 0 Å². The Bertz CT molecular complexity index is 961. The molecule has 0 amide bonds. The van der Waals surface area contributed by atoms with Gasteiger partial charge >= 0.3 is 0 Å². The van der Waals surface area contributed by atoms with Gasteiger partial charge in [-0.3, -0.25) is 9.59 Å². The number of carbonyl (C=O) groups is 2. The third-order valence-electron chi connectivity index (χ3n) is 8.79. The number of hydrogen-bond donors (Lipinski definition) is 0. The predicted molar refractivity (Wildman–Crippen MR) is 212 cm³/mol. The van der Waals surface area contributed by atoms with E-state index in [1.165, 1.54) is 179 Å². The molecule has 0 atom stereocenters. The monoisotopic (exact) mass is 657 g/mol. The molecule has 0 bridgehead atoms. The molecule has 0 unspecified atom stereocenters. The molecule has 0 aromatic carbocycles. The van der Waals surface area contributed by atoms with Crippen LogP contribution in [0.2, 0.25) is 0 Å². The number of rotatable bonds is 36. The fourth-order valence-electron chi connectivity index (χ4n) is 5.76. The van der Waals surface area contributed by atoms with Crippen molar-refractivity contribution in [2.75, 3.05) is 0 Å². The highest BCUT2D eigenvalue weighted by Crippen LogP contribution is 2.14. The number of unbranched alkanes of at least 4 members (excludes halogenated alkanes) is 26. The van der Waals surface area contributed by atoms with Crippen LogP contribution in [0.4, 0.5) is 0 Å². The standard InChI is InChI=1S/C46H72O2/c1-3-45(47)43-41-39-37-35-33-31-29-27-25-23-21-19-17-15-13-11-9-7-5-6-8-10-12-14-16-18-20-22-24-26-28-30-32-34-36-38-40-42-44-46(48)4-2/h1-2,7,9,12,14,19,21,41-44H,5-6,8,10-11,13,15-18,20,22-40H2/b9-7-,14-12-,21-19-,43-41+,44-42+. The molecule has 0 spiro atoms. The highest BCUT2D eigenvalue weighted by Gasteiger charge is 1.95. The maximum atomic E-state index is 11.0. The molecule has 268 valence electrons. The fourth-order valence-corrected chi connectivity index (χ4v) is 5.76. The zero-order valence-corrected chi connectivity index (χ0v) is 31.0. The summed E-state index contributed by atoms with van der Waals surface area (Å²) in [6, 6.07) is 0. The normalized spacial score (nSPS) is 11.9. The van der Waals surface area contributed by atoms with Crippen molar-refractivity contribution in [2.45, 2.75) is 193 Å². The molecule has 2 nitrogen and oxygen atoms in total. The first kappa shape index (κ1) is 45.2. The molecule has 0 N–H and O–H groups in total. The molecule has 0 aromatic heterocycles. The lowest BCUT2D eigenvalue weighted by atomic mass is 10.0. The summed E-state index contributed by atoms with van der Waals surface area (Å²) >= 11 is 0. The van der Waals surface area contributed by atoms with E-state index in [1.807, 2.05) is 12.2 Å². The minimum absolute atomic E-state index is 0.223. The second kappa shape index (κ2) is 40.3. The lowest BCUT2D eigenvalue weighted by Crippen LogP contribution is -1.84. The predicted octanol–water partition coefficient (Wildman–Crippen LogP) is 13.9. The van der Waals surface area contributed by atoms with Crippen LogP contribution in [-0.2, 0) is 9.59 Å². The van der Waals surface area contributed by atoms with Gasteiger partial charge in [0.2, 0.25) is 11.6 Å². The van der Waals surface area contributed by atoms with Crippen molar-refractivity contribution in [2.24, 2.45) is 0 Å². The summed E-state index contributed by atoms with van der Waals surface area (Å²) < 4.78 is 0. The number of terminal acetylenes is 2. The fraction of sp³-hybridized carbons (Fsp3) is 0.652. The van der Waals surface area contributed by atoms with Gasteiger partial charge < -0.3 is 0 Å². The summed E-state index contributed by atoms with van der Waals surface area (Å²) in [6.07, 6.45) is 69.6. The van der Waals surface area contributed by atoms with Crippen LogP contribution in [0.3, 0.4) is 0 Å². The lowest BCUT2D eigenvalue weighted by Gasteiger charge is -2.02. The number of carbonyl (C=O) groups excluding carboxylic acids is 2. The summed E-state index contributed by atoms with van der Waals surface area (Å²) in [7, 11) is 0. The van der Waals surface area contributed by atoms with Crippen LogP contribution in [0.1, 0.15) is 193 Å². The number of allylic oxidation sites excluding steroid dienone is 10. The van der Waals surface area contributed by atoms with Gasteiger partial charge in [0.25, 0.3) is 0 Å². The molecule has 0 aliphatic rings. The van der Waals surface area contributed by atoms with Gasteiger partial charge in [-0.2, -0.15) is 0 Å². The Morgan fingerprint density at radius 1 is 0.292 bits per heavy atom. The molecular weight excluding hydrogens is 585 g/mol. The van der Waals surface area contributed by atoms with Gasteiger partial charge in [-0.25, -0.2) is 0 Å².